The minimum absolute atomic E-state index is 0.178. The van der Waals surface area contributed by atoms with Crippen molar-refractivity contribution in [2.24, 2.45) is 5.92 Å². The lowest BCUT2D eigenvalue weighted by molar-refractivity contribution is -0.125. The summed E-state index contributed by atoms with van der Waals surface area (Å²) in [7, 11) is 0. The normalized spacial score (nSPS) is 19.1. The van der Waals surface area contributed by atoms with Crippen molar-refractivity contribution >= 4 is 23.3 Å². The van der Waals surface area contributed by atoms with Gasteiger partial charge in [-0.15, -0.1) is 0 Å². The number of carbonyl (C=O) groups is 2. The SMILES string of the molecule is CC1CCCCC1NC(=O)COC(=O)c1ccccc1Nc1ccccc1. The molecule has 142 valence electrons. The molecule has 0 aliphatic heterocycles. The summed E-state index contributed by atoms with van der Waals surface area (Å²) >= 11 is 0. The van der Waals surface area contributed by atoms with E-state index in [4.69, 9.17) is 4.74 Å². The molecule has 1 aliphatic rings. The van der Waals surface area contributed by atoms with Crippen molar-refractivity contribution in [1.82, 2.24) is 5.32 Å². The fourth-order valence-electron chi connectivity index (χ4n) is 3.44. The van der Waals surface area contributed by atoms with Crippen LogP contribution in [0.4, 0.5) is 11.4 Å². The second-order valence-corrected chi connectivity index (χ2v) is 7.05. The van der Waals surface area contributed by atoms with Gasteiger partial charge in [-0.05, 0) is 43.0 Å². The third-order valence-corrected chi connectivity index (χ3v) is 4.99. The van der Waals surface area contributed by atoms with E-state index in [1.807, 2.05) is 42.5 Å². The summed E-state index contributed by atoms with van der Waals surface area (Å²) in [6, 6.07) is 16.9. The number of amides is 1. The molecule has 0 bridgehead atoms. The molecular formula is C22H26N2O3. The van der Waals surface area contributed by atoms with Crippen LogP contribution in [0.3, 0.4) is 0 Å². The van der Waals surface area contributed by atoms with Crippen LogP contribution in [-0.4, -0.2) is 24.5 Å². The number of esters is 1. The fourth-order valence-corrected chi connectivity index (χ4v) is 3.44. The molecule has 0 radical (unpaired) electrons. The maximum Gasteiger partial charge on any atom is 0.340 e. The third kappa shape index (κ3) is 5.33. The van der Waals surface area contributed by atoms with Gasteiger partial charge >= 0.3 is 5.97 Å². The van der Waals surface area contributed by atoms with E-state index in [-0.39, 0.29) is 18.6 Å². The maximum atomic E-state index is 12.5. The molecule has 0 aromatic heterocycles. The Morgan fingerprint density at radius 2 is 1.70 bits per heavy atom. The van der Waals surface area contributed by atoms with E-state index in [1.54, 1.807) is 12.1 Å². The lowest BCUT2D eigenvalue weighted by atomic mass is 9.86. The molecule has 3 rings (SSSR count). The van der Waals surface area contributed by atoms with E-state index in [9.17, 15) is 9.59 Å². The molecule has 1 aliphatic carbocycles. The van der Waals surface area contributed by atoms with Crippen LogP contribution in [0.2, 0.25) is 0 Å². The van der Waals surface area contributed by atoms with Gasteiger partial charge in [0.1, 0.15) is 0 Å². The highest BCUT2D eigenvalue weighted by molar-refractivity contribution is 5.97. The molecular weight excluding hydrogens is 340 g/mol. The van der Waals surface area contributed by atoms with Crippen molar-refractivity contribution in [1.29, 1.82) is 0 Å². The topological polar surface area (TPSA) is 67.4 Å². The summed E-state index contributed by atoms with van der Waals surface area (Å²) in [5, 5.41) is 6.21. The number of para-hydroxylation sites is 2. The van der Waals surface area contributed by atoms with Gasteiger partial charge in [0.05, 0.1) is 11.3 Å². The molecule has 1 fully saturated rings. The molecule has 2 aromatic carbocycles. The number of hydrogen-bond acceptors (Lipinski definition) is 4. The number of rotatable bonds is 6. The van der Waals surface area contributed by atoms with Gasteiger partial charge in [0, 0.05) is 11.7 Å². The van der Waals surface area contributed by atoms with Gasteiger partial charge in [0.25, 0.3) is 5.91 Å². The third-order valence-electron chi connectivity index (χ3n) is 4.99. The Kier molecular flexibility index (Phi) is 6.47. The average Bonchev–Trinajstić information content (AvgIpc) is 2.69. The lowest BCUT2D eigenvalue weighted by Crippen LogP contribution is -2.42. The number of anilines is 2. The summed E-state index contributed by atoms with van der Waals surface area (Å²) in [5.74, 6) is -0.286. The second-order valence-electron chi connectivity index (χ2n) is 7.05. The molecule has 0 heterocycles. The van der Waals surface area contributed by atoms with E-state index in [0.717, 1.165) is 24.9 Å². The Bertz CT molecular complexity index is 776. The zero-order valence-electron chi connectivity index (χ0n) is 15.6. The number of carbonyl (C=O) groups excluding carboxylic acids is 2. The predicted octanol–water partition coefficient (Wildman–Crippen LogP) is 4.28. The van der Waals surface area contributed by atoms with E-state index < -0.39 is 5.97 Å². The summed E-state index contributed by atoms with van der Waals surface area (Å²) in [6.45, 7) is 1.89. The Morgan fingerprint density at radius 3 is 2.48 bits per heavy atom. The van der Waals surface area contributed by atoms with Crippen molar-refractivity contribution < 1.29 is 14.3 Å². The standard InChI is InChI=1S/C22H26N2O3/c1-16-9-5-7-13-19(16)24-21(25)15-27-22(26)18-12-6-8-14-20(18)23-17-10-3-2-4-11-17/h2-4,6,8,10-12,14,16,19,23H,5,7,9,13,15H2,1H3,(H,24,25). The van der Waals surface area contributed by atoms with Gasteiger partial charge in [-0.25, -0.2) is 4.79 Å². The highest BCUT2D eigenvalue weighted by Gasteiger charge is 2.23. The predicted molar refractivity (Wildman–Crippen MR) is 106 cm³/mol. The van der Waals surface area contributed by atoms with Gasteiger partial charge in [0.2, 0.25) is 0 Å². The lowest BCUT2D eigenvalue weighted by Gasteiger charge is -2.29. The average molecular weight is 366 g/mol. The maximum absolute atomic E-state index is 12.5. The fraction of sp³-hybridized carbons (Fsp3) is 0.364. The molecule has 1 saturated carbocycles. The van der Waals surface area contributed by atoms with Crippen LogP contribution in [0, 0.1) is 5.92 Å². The van der Waals surface area contributed by atoms with Crippen LogP contribution in [0.25, 0.3) is 0 Å². The van der Waals surface area contributed by atoms with E-state index in [2.05, 4.69) is 17.6 Å². The van der Waals surface area contributed by atoms with E-state index in [1.165, 1.54) is 6.42 Å². The first-order valence-electron chi connectivity index (χ1n) is 9.51. The monoisotopic (exact) mass is 366 g/mol. The number of hydrogen-bond donors (Lipinski definition) is 2. The van der Waals surface area contributed by atoms with Gasteiger partial charge in [-0.3, -0.25) is 4.79 Å². The van der Waals surface area contributed by atoms with Gasteiger partial charge < -0.3 is 15.4 Å². The van der Waals surface area contributed by atoms with Gasteiger partial charge in [0.15, 0.2) is 6.61 Å². The Morgan fingerprint density at radius 1 is 1.00 bits per heavy atom. The van der Waals surface area contributed by atoms with Crippen molar-refractivity contribution in [2.45, 2.75) is 38.6 Å². The molecule has 0 saturated heterocycles. The van der Waals surface area contributed by atoms with Crippen LogP contribution in [0.15, 0.2) is 54.6 Å². The van der Waals surface area contributed by atoms with Crippen molar-refractivity contribution in [3.63, 3.8) is 0 Å². The Labute approximate surface area is 160 Å². The first kappa shape index (κ1) is 19.0. The first-order chi connectivity index (χ1) is 13.1. The molecule has 2 N–H and O–H groups in total. The molecule has 2 atom stereocenters. The highest BCUT2D eigenvalue weighted by atomic mass is 16.5. The summed E-state index contributed by atoms with van der Waals surface area (Å²) in [6.07, 6.45) is 4.47. The number of benzene rings is 2. The molecule has 2 unspecified atom stereocenters. The Balaban J connectivity index is 1.57. The molecule has 2 aromatic rings. The summed E-state index contributed by atoms with van der Waals surface area (Å²) in [4.78, 5) is 24.6. The summed E-state index contributed by atoms with van der Waals surface area (Å²) < 4.78 is 5.25. The number of ether oxygens (including phenoxy) is 1. The molecule has 1 amide bonds. The molecule has 27 heavy (non-hydrogen) atoms. The zero-order chi connectivity index (χ0) is 19.1. The van der Waals surface area contributed by atoms with Gasteiger partial charge in [-0.2, -0.15) is 0 Å². The van der Waals surface area contributed by atoms with E-state index >= 15 is 0 Å². The zero-order valence-corrected chi connectivity index (χ0v) is 15.6. The van der Waals surface area contributed by atoms with Gasteiger partial charge in [-0.1, -0.05) is 50.1 Å². The van der Waals surface area contributed by atoms with Crippen LogP contribution in [0.5, 0.6) is 0 Å². The van der Waals surface area contributed by atoms with Crippen LogP contribution >= 0.6 is 0 Å². The minimum Gasteiger partial charge on any atom is -0.452 e. The van der Waals surface area contributed by atoms with Crippen LogP contribution in [-0.2, 0) is 9.53 Å². The largest absolute Gasteiger partial charge is 0.452 e. The second kappa shape index (κ2) is 9.21. The minimum atomic E-state index is -0.513. The Hall–Kier alpha value is -2.82. The highest BCUT2D eigenvalue weighted by Crippen LogP contribution is 2.24. The van der Waals surface area contributed by atoms with E-state index in [0.29, 0.717) is 17.2 Å². The molecule has 0 spiro atoms. The first-order valence-corrected chi connectivity index (χ1v) is 9.51. The smallest absolute Gasteiger partial charge is 0.340 e. The quantitative estimate of drug-likeness (QED) is 0.749. The van der Waals surface area contributed by atoms with Crippen molar-refractivity contribution in [3.8, 4) is 0 Å². The summed E-state index contributed by atoms with van der Waals surface area (Å²) in [5.41, 5.74) is 1.93. The van der Waals surface area contributed by atoms with Crippen molar-refractivity contribution in [3.05, 3.63) is 60.2 Å². The van der Waals surface area contributed by atoms with Crippen LogP contribution < -0.4 is 10.6 Å². The van der Waals surface area contributed by atoms with Crippen molar-refractivity contribution in [2.75, 3.05) is 11.9 Å². The molecule has 5 nitrogen and oxygen atoms in total. The number of nitrogens with one attached hydrogen (secondary N) is 2. The van der Waals surface area contributed by atoms with Crippen LogP contribution in [0.1, 0.15) is 43.0 Å². The molecule has 5 heteroatoms.